The van der Waals surface area contributed by atoms with E-state index >= 15 is 0 Å². The number of carboxylic acid groups (broad SMARTS) is 1. The molecule has 1 atom stereocenters. The van der Waals surface area contributed by atoms with Gasteiger partial charge in [0.05, 0.1) is 0 Å². The lowest BCUT2D eigenvalue weighted by molar-refractivity contribution is -0.139. The van der Waals surface area contributed by atoms with Gasteiger partial charge in [-0.25, -0.2) is 4.79 Å². The summed E-state index contributed by atoms with van der Waals surface area (Å²) in [4.78, 5) is 10.6. The molecule has 1 unspecified atom stereocenters. The Labute approximate surface area is 101 Å². The Morgan fingerprint density at radius 1 is 1.35 bits per heavy atom. The van der Waals surface area contributed by atoms with Crippen molar-refractivity contribution in [3.8, 4) is 11.5 Å². The minimum Gasteiger partial charge on any atom is -0.480 e. The molecule has 2 rings (SSSR count). The standard InChI is InChI=1S/C10H8ClN3O3/c11-6-3-1-5(2-4-6)8-13-14-9(17-8)7(12)10(15)16/h1-4,7H,12H2,(H,15,16). The third kappa shape index (κ3) is 2.43. The Balaban J connectivity index is 2.29. The summed E-state index contributed by atoms with van der Waals surface area (Å²) in [6.45, 7) is 0. The first-order chi connectivity index (χ1) is 8.08. The average molecular weight is 254 g/mol. The summed E-state index contributed by atoms with van der Waals surface area (Å²) >= 11 is 5.73. The minimum absolute atomic E-state index is 0.137. The van der Waals surface area contributed by atoms with E-state index in [0.29, 0.717) is 10.6 Å². The van der Waals surface area contributed by atoms with Crippen LogP contribution in [0.5, 0.6) is 0 Å². The second kappa shape index (κ2) is 4.52. The number of rotatable bonds is 3. The van der Waals surface area contributed by atoms with Gasteiger partial charge in [-0.05, 0) is 24.3 Å². The molecule has 0 spiro atoms. The number of hydrogen-bond donors (Lipinski definition) is 2. The molecule has 0 bridgehead atoms. The van der Waals surface area contributed by atoms with Crippen LogP contribution in [-0.4, -0.2) is 21.3 Å². The minimum atomic E-state index is -1.32. The van der Waals surface area contributed by atoms with E-state index in [1.807, 2.05) is 0 Å². The van der Waals surface area contributed by atoms with Crippen molar-refractivity contribution in [3.05, 3.63) is 35.2 Å². The van der Waals surface area contributed by atoms with Crippen LogP contribution >= 0.6 is 11.6 Å². The van der Waals surface area contributed by atoms with Crippen molar-refractivity contribution in [2.75, 3.05) is 0 Å². The molecule has 1 heterocycles. The predicted molar refractivity (Wildman–Crippen MR) is 59.3 cm³/mol. The lowest BCUT2D eigenvalue weighted by Gasteiger charge is -1.98. The summed E-state index contributed by atoms with van der Waals surface area (Å²) < 4.78 is 5.16. The molecule has 3 N–H and O–H groups in total. The second-order valence-corrected chi connectivity index (χ2v) is 3.70. The second-order valence-electron chi connectivity index (χ2n) is 3.27. The maximum Gasteiger partial charge on any atom is 0.330 e. The van der Waals surface area contributed by atoms with E-state index in [0.717, 1.165) is 0 Å². The van der Waals surface area contributed by atoms with Gasteiger partial charge in [-0.1, -0.05) is 11.6 Å². The topological polar surface area (TPSA) is 102 Å². The predicted octanol–water partition coefficient (Wildman–Crippen LogP) is 1.47. The van der Waals surface area contributed by atoms with Crippen LogP contribution in [0.1, 0.15) is 11.9 Å². The van der Waals surface area contributed by atoms with Gasteiger partial charge in [0.25, 0.3) is 0 Å². The van der Waals surface area contributed by atoms with E-state index in [-0.39, 0.29) is 11.8 Å². The molecule has 0 aliphatic heterocycles. The first kappa shape index (κ1) is 11.6. The van der Waals surface area contributed by atoms with E-state index in [4.69, 9.17) is 26.9 Å². The number of carboxylic acids is 1. The third-order valence-corrected chi connectivity index (χ3v) is 2.32. The largest absolute Gasteiger partial charge is 0.480 e. The fourth-order valence-corrected chi connectivity index (χ4v) is 1.30. The van der Waals surface area contributed by atoms with Gasteiger partial charge in [0.1, 0.15) is 0 Å². The van der Waals surface area contributed by atoms with Crippen molar-refractivity contribution in [2.24, 2.45) is 5.73 Å². The summed E-state index contributed by atoms with van der Waals surface area (Å²) in [5.41, 5.74) is 5.98. The molecule has 0 radical (unpaired) electrons. The van der Waals surface area contributed by atoms with E-state index in [2.05, 4.69) is 10.2 Å². The number of aliphatic carboxylic acids is 1. The molecule has 2 aromatic rings. The zero-order valence-corrected chi connectivity index (χ0v) is 9.26. The smallest absolute Gasteiger partial charge is 0.330 e. The third-order valence-electron chi connectivity index (χ3n) is 2.06. The molecule has 88 valence electrons. The highest BCUT2D eigenvalue weighted by Gasteiger charge is 2.21. The van der Waals surface area contributed by atoms with Gasteiger partial charge in [-0.3, -0.25) is 0 Å². The molecule has 6 nitrogen and oxygen atoms in total. The number of nitrogens with zero attached hydrogens (tertiary/aromatic N) is 2. The maximum atomic E-state index is 10.6. The van der Waals surface area contributed by atoms with Crippen LogP contribution < -0.4 is 5.73 Å². The van der Waals surface area contributed by atoms with Crippen molar-refractivity contribution in [2.45, 2.75) is 6.04 Å². The number of halogens is 1. The zero-order valence-electron chi connectivity index (χ0n) is 8.50. The zero-order chi connectivity index (χ0) is 12.4. The van der Waals surface area contributed by atoms with Gasteiger partial charge in [0, 0.05) is 10.6 Å². The first-order valence-electron chi connectivity index (χ1n) is 4.65. The maximum absolute atomic E-state index is 10.6. The SMILES string of the molecule is NC(C(=O)O)c1nnc(-c2ccc(Cl)cc2)o1. The quantitative estimate of drug-likeness (QED) is 0.859. The number of hydrogen-bond acceptors (Lipinski definition) is 5. The van der Waals surface area contributed by atoms with Crippen LogP contribution in [0.25, 0.3) is 11.5 Å². The van der Waals surface area contributed by atoms with Crippen LogP contribution in [0, 0.1) is 0 Å². The van der Waals surface area contributed by atoms with Gasteiger partial charge in [0.2, 0.25) is 11.8 Å². The van der Waals surface area contributed by atoms with Crippen molar-refractivity contribution < 1.29 is 14.3 Å². The highest BCUT2D eigenvalue weighted by molar-refractivity contribution is 6.30. The fraction of sp³-hybridized carbons (Fsp3) is 0.100. The van der Waals surface area contributed by atoms with Crippen LogP contribution in [-0.2, 0) is 4.79 Å². The van der Waals surface area contributed by atoms with Gasteiger partial charge >= 0.3 is 5.97 Å². The number of carbonyl (C=O) groups is 1. The van der Waals surface area contributed by atoms with Crippen LogP contribution in [0.3, 0.4) is 0 Å². The molecule has 7 heteroatoms. The lowest BCUT2D eigenvalue weighted by atomic mass is 10.2. The normalized spacial score (nSPS) is 12.4. The summed E-state index contributed by atoms with van der Waals surface area (Å²) in [5.74, 6) is -1.16. The molecule has 17 heavy (non-hydrogen) atoms. The van der Waals surface area contributed by atoms with E-state index < -0.39 is 12.0 Å². The average Bonchev–Trinajstić information content (AvgIpc) is 2.78. The van der Waals surface area contributed by atoms with E-state index in [1.165, 1.54) is 0 Å². The lowest BCUT2D eigenvalue weighted by Crippen LogP contribution is -2.20. The summed E-state index contributed by atoms with van der Waals surface area (Å²) in [6.07, 6.45) is 0. The Morgan fingerprint density at radius 3 is 2.59 bits per heavy atom. The van der Waals surface area contributed by atoms with Crippen LogP contribution in [0.2, 0.25) is 5.02 Å². The van der Waals surface area contributed by atoms with Crippen LogP contribution in [0.4, 0.5) is 0 Å². The monoisotopic (exact) mass is 253 g/mol. The molecular formula is C10H8ClN3O3. The van der Waals surface area contributed by atoms with Crippen molar-refractivity contribution >= 4 is 17.6 Å². The van der Waals surface area contributed by atoms with Crippen molar-refractivity contribution in [1.82, 2.24) is 10.2 Å². The number of benzene rings is 1. The Bertz CT molecular complexity index is 538. The molecule has 0 fully saturated rings. The summed E-state index contributed by atoms with van der Waals surface area (Å²) in [5, 5.41) is 16.6. The van der Waals surface area contributed by atoms with Gasteiger partial charge in [-0.2, -0.15) is 0 Å². The Kier molecular flexibility index (Phi) is 3.08. The summed E-state index contributed by atoms with van der Waals surface area (Å²) in [6, 6.07) is 5.39. The number of aromatic nitrogens is 2. The van der Waals surface area contributed by atoms with Crippen molar-refractivity contribution in [3.63, 3.8) is 0 Å². The highest BCUT2D eigenvalue weighted by Crippen LogP contribution is 2.21. The fourth-order valence-electron chi connectivity index (χ4n) is 1.18. The molecule has 0 aliphatic rings. The molecule has 0 amide bonds. The van der Waals surface area contributed by atoms with Gasteiger partial charge in [-0.15, -0.1) is 10.2 Å². The summed E-state index contributed by atoms with van der Waals surface area (Å²) in [7, 11) is 0. The first-order valence-corrected chi connectivity index (χ1v) is 5.03. The molecule has 0 saturated carbocycles. The molecule has 1 aromatic carbocycles. The van der Waals surface area contributed by atoms with Crippen LogP contribution in [0.15, 0.2) is 28.7 Å². The van der Waals surface area contributed by atoms with Gasteiger partial charge < -0.3 is 15.3 Å². The number of nitrogens with two attached hydrogens (primary N) is 1. The van der Waals surface area contributed by atoms with E-state index in [1.54, 1.807) is 24.3 Å². The Hall–Kier alpha value is -1.92. The molecule has 0 saturated heterocycles. The van der Waals surface area contributed by atoms with Crippen molar-refractivity contribution in [1.29, 1.82) is 0 Å². The molecular weight excluding hydrogens is 246 g/mol. The van der Waals surface area contributed by atoms with Gasteiger partial charge in [0.15, 0.2) is 6.04 Å². The Morgan fingerprint density at radius 2 is 2.00 bits per heavy atom. The highest BCUT2D eigenvalue weighted by atomic mass is 35.5. The molecule has 0 aliphatic carbocycles. The van der Waals surface area contributed by atoms with E-state index in [9.17, 15) is 4.79 Å². The molecule has 1 aromatic heterocycles.